The van der Waals surface area contributed by atoms with Crippen molar-refractivity contribution >= 4 is 5.97 Å². The number of ether oxygens (including phenoxy) is 1. The van der Waals surface area contributed by atoms with Gasteiger partial charge in [0.15, 0.2) is 0 Å². The van der Waals surface area contributed by atoms with Crippen molar-refractivity contribution < 1.29 is 14.6 Å². The lowest BCUT2D eigenvalue weighted by atomic mass is 10.2. The third-order valence-electron chi connectivity index (χ3n) is 1.20. The highest BCUT2D eigenvalue weighted by Crippen LogP contribution is 2.08. The van der Waals surface area contributed by atoms with Crippen molar-refractivity contribution in [2.45, 2.75) is 18.9 Å². The molecule has 0 bridgehead atoms. The Bertz CT molecular complexity index is 139. The van der Waals surface area contributed by atoms with Crippen molar-refractivity contribution in [2.24, 2.45) is 0 Å². The number of aliphatic carboxylic acids is 1. The Morgan fingerprint density at radius 1 is 1.78 bits per heavy atom. The van der Waals surface area contributed by atoms with Crippen molar-refractivity contribution in [2.75, 3.05) is 0 Å². The zero-order chi connectivity index (χ0) is 6.69. The minimum atomic E-state index is -1.13. The van der Waals surface area contributed by atoms with Crippen LogP contribution < -0.4 is 5.11 Å². The Balaban J connectivity index is 2.44. The van der Waals surface area contributed by atoms with E-state index in [1.807, 2.05) is 0 Å². The summed E-state index contributed by atoms with van der Waals surface area (Å²) in [6.07, 6.45) is 3.76. The fourth-order valence-corrected chi connectivity index (χ4v) is 0.707. The molecular formula is C6H7O3-. The van der Waals surface area contributed by atoms with Gasteiger partial charge in [0.2, 0.25) is 0 Å². The summed E-state index contributed by atoms with van der Waals surface area (Å²) in [6.45, 7) is 0. The van der Waals surface area contributed by atoms with Crippen LogP contribution in [-0.2, 0) is 9.53 Å². The second kappa shape index (κ2) is 2.53. The summed E-state index contributed by atoms with van der Waals surface area (Å²) in [5.41, 5.74) is 0. The summed E-state index contributed by atoms with van der Waals surface area (Å²) in [7, 11) is 0. The summed E-state index contributed by atoms with van der Waals surface area (Å²) in [5, 5.41) is 10.1. The predicted octanol–water partition coefficient (Wildman–Crippen LogP) is -0.571. The first-order valence-electron chi connectivity index (χ1n) is 2.82. The van der Waals surface area contributed by atoms with E-state index in [1.54, 1.807) is 6.08 Å². The number of carboxylic acids is 1. The number of allylic oxidation sites excluding steroid dienone is 1. The van der Waals surface area contributed by atoms with E-state index < -0.39 is 12.1 Å². The van der Waals surface area contributed by atoms with Crippen LogP contribution in [0, 0.1) is 0 Å². The molecule has 0 saturated carbocycles. The first-order valence-corrected chi connectivity index (χ1v) is 2.82. The van der Waals surface area contributed by atoms with Gasteiger partial charge >= 0.3 is 0 Å². The van der Waals surface area contributed by atoms with Crippen molar-refractivity contribution in [3.63, 3.8) is 0 Å². The molecule has 0 radical (unpaired) electrons. The molecule has 1 aliphatic rings. The van der Waals surface area contributed by atoms with Gasteiger partial charge < -0.3 is 14.6 Å². The number of rotatable bonds is 1. The van der Waals surface area contributed by atoms with E-state index >= 15 is 0 Å². The molecule has 50 valence electrons. The van der Waals surface area contributed by atoms with Crippen LogP contribution in [0.15, 0.2) is 12.3 Å². The molecule has 3 nitrogen and oxygen atoms in total. The SMILES string of the molecule is O=C([O-])C1CCC=CO1. The third-order valence-corrected chi connectivity index (χ3v) is 1.20. The molecule has 0 fully saturated rings. The summed E-state index contributed by atoms with van der Waals surface area (Å²) < 4.78 is 4.70. The minimum Gasteiger partial charge on any atom is -0.546 e. The largest absolute Gasteiger partial charge is 0.546 e. The number of carbonyl (C=O) groups is 1. The standard InChI is InChI=1S/C6H8O3/c7-6(8)5-3-1-2-4-9-5/h2,4-5H,1,3H2,(H,7,8)/p-1. The number of hydrogen-bond donors (Lipinski definition) is 0. The summed E-state index contributed by atoms with van der Waals surface area (Å²) in [6, 6.07) is 0. The fraction of sp³-hybridized carbons (Fsp3) is 0.500. The molecule has 1 unspecified atom stereocenters. The van der Waals surface area contributed by atoms with E-state index in [0.717, 1.165) is 6.42 Å². The predicted molar refractivity (Wildman–Crippen MR) is 28.3 cm³/mol. The van der Waals surface area contributed by atoms with Crippen molar-refractivity contribution in [1.29, 1.82) is 0 Å². The Labute approximate surface area is 52.9 Å². The Hall–Kier alpha value is -0.990. The van der Waals surface area contributed by atoms with Crippen LogP contribution in [0.25, 0.3) is 0 Å². The van der Waals surface area contributed by atoms with Gasteiger partial charge in [-0.15, -0.1) is 0 Å². The topological polar surface area (TPSA) is 49.4 Å². The Morgan fingerprint density at radius 3 is 2.89 bits per heavy atom. The molecule has 0 amide bonds. The molecule has 9 heavy (non-hydrogen) atoms. The second-order valence-corrected chi connectivity index (χ2v) is 1.89. The average Bonchev–Trinajstić information content (AvgIpc) is 1.90. The van der Waals surface area contributed by atoms with Gasteiger partial charge in [-0.1, -0.05) is 0 Å². The fourth-order valence-electron chi connectivity index (χ4n) is 0.707. The van der Waals surface area contributed by atoms with Crippen LogP contribution in [0.2, 0.25) is 0 Å². The summed E-state index contributed by atoms with van der Waals surface area (Å²) in [4.78, 5) is 10.1. The maximum Gasteiger partial charge on any atom is 0.137 e. The minimum absolute atomic E-state index is 0.527. The monoisotopic (exact) mass is 127 g/mol. The quantitative estimate of drug-likeness (QED) is 0.474. The normalized spacial score (nSPS) is 25.1. The Morgan fingerprint density at radius 2 is 2.56 bits per heavy atom. The van der Waals surface area contributed by atoms with Crippen LogP contribution in [0.1, 0.15) is 12.8 Å². The number of hydrogen-bond acceptors (Lipinski definition) is 3. The first-order chi connectivity index (χ1) is 4.30. The highest BCUT2D eigenvalue weighted by Gasteiger charge is 2.10. The first kappa shape index (κ1) is 6.13. The summed E-state index contributed by atoms with van der Waals surface area (Å²) in [5.74, 6) is -1.13. The van der Waals surface area contributed by atoms with E-state index in [4.69, 9.17) is 4.74 Å². The van der Waals surface area contributed by atoms with Crippen LogP contribution in [0.5, 0.6) is 0 Å². The van der Waals surface area contributed by atoms with Crippen LogP contribution in [0.4, 0.5) is 0 Å². The molecular weight excluding hydrogens is 120 g/mol. The van der Waals surface area contributed by atoms with Crippen molar-refractivity contribution in [1.82, 2.24) is 0 Å². The molecule has 3 heteroatoms. The number of carbonyl (C=O) groups excluding carboxylic acids is 1. The maximum atomic E-state index is 10.1. The van der Waals surface area contributed by atoms with Crippen LogP contribution in [0.3, 0.4) is 0 Å². The molecule has 0 aromatic heterocycles. The molecule has 0 aliphatic carbocycles. The van der Waals surface area contributed by atoms with Crippen LogP contribution >= 0.6 is 0 Å². The molecule has 1 heterocycles. The molecule has 1 rings (SSSR count). The van der Waals surface area contributed by atoms with Gasteiger partial charge in [-0.25, -0.2) is 0 Å². The van der Waals surface area contributed by atoms with E-state index in [2.05, 4.69) is 0 Å². The smallest absolute Gasteiger partial charge is 0.137 e. The average molecular weight is 127 g/mol. The van der Waals surface area contributed by atoms with E-state index in [9.17, 15) is 9.90 Å². The zero-order valence-corrected chi connectivity index (χ0v) is 4.87. The van der Waals surface area contributed by atoms with Gasteiger partial charge in [-0.3, -0.25) is 0 Å². The van der Waals surface area contributed by atoms with Gasteiger partial charge in [-0.2, -0.15) is 0 Å². The zero-order valence-electron chi connectivity index (χ0n) is 4.87. The molecule has 0 N–H and O–H groups in total. The molecule has 1 atom stereocenters. The third kappa shape index (κ3) is 1.45. The number of carboxylic acid groups (broad SMARTS) is 1. The summed E-state index contributed by atoms with van der Waals surface area (Å²) >= 11 is 0. The van der Waals surface area contributed by atoms with Crippen LogP contribution in [-0.4, -0.2) is 12.1 Å². The highest BCUT2D eigenvalue weighted by atomic mass is 16.5. The highest BCUT2D eigenvalue weighted by molar-refractivity contribution is 5.70. The van der Waals surface area contributed by atoms with Crippen molar-refractivity contribution in [3.8, 4) is 0 Å². The van der Waals surface area contributed by atoms with E-state index in [-0.39, 0.29) is 0 Å². The van der Waals surface area contributed by atoms with Gasteiger partial charge in [-0.05, 0) is 18.9 Å². The molecule has 0 spiro atoms. The maximum absolute atomic E-state index is 10.1. The lowest BCUT2D eigenvalue weighted by Crippen LogP contribution is -2.37. The molecule has 0 saturated heterocycles. The van der Waals surface area contributed by atoms with E-state index in [0.29, 0.717) is 6.42 Å². The molecule has 0 aromatic carbocycles. The lowest BCUT2D eigenvalue weighted by molar-refractivity contribution is -0.315. The van der Waals surface area contributed by atoms with Gasteiger partial charge in [0.05, 0.1) is 12.2 Å². The lowest BCUT2D eigenvalue weighted by Gasteiger charge is -2.19. The second-order valence-electron chi connectivity index (χ2n) is 1.89. The van der Waals surface area contributed by atoms with Gasteiger partial charge in [0, 0.05) is 0 Å². The van der Waals surface area contributed by atoms with Crippen molar-refractivity contribution in [3.05, 3.63) is 12.3 Å². The van der Waals surface area contributed by atoms with Gasteiger partial charge in [0.25, 0.3) is 0 Å². The van der Waals surface area contributed by atoms with Gasteiger partial charge in [0.1, 0.15) is 6.10 Å². The Kier molecular flexibility index (Phi) is 1.72. The van der Waals surface area contributed by atoms with E-state index in [1.165, 1.54) is 6.26 Å². The molecule has 0 aromatic rings. The molecule has 1 aliphatic heterocycles.